The number of nitrogens with zero attached hydrogens (tertiary/aromatic N) is 1. The van der Waals surface area contributed by atoms with Gasteiger partial charge in [0, 0.05) is 30.9 Å². The Morgan fingerprint density at radius 1 is 1.23 bits per heavy atom. The van der Waals surface area contributed by atoms with Gasteiger partial charge >= 0.3 is 6.03 Å². The third-order valence-electron chi connectivity index (χ3n) is 3.81. The maximum atomic E-state index is 12.8. The van der Waals surface area contributed by atoms with Crippen molar-refractivity contribution in [3.8, 4) is 0 Å². The predicted molar refractivity (Wildman–Crippen MR) is 95.6 cm³/mol. The Hall–Kier alpha value is -2.07. The van der Waals surface area contributed by atoms with E-state index in [0.29, 0.717) is 18.9 Å². The number of hydrogen-bond acceptors (Lipinski definition) is 5. The molecule has 0 aliphatic carbocycles. The fraction of sp³-hybridized carbons (Fsp3) is 0.312. The van der Waals surface area contributed by atoms with E-state index in [2.05, 4.69) is 10.6 Å². The first-order valence-corrected chi connectivity index (χ1v) is 9.72. The molecular weight excluding hydrogens is 382 g/mol. The van der Waals surface area contributed by atoms with Gasteiger partial charge in [-0.1, -0.05) is 11.6 Å². The number of rotatable bonds is 5. The molecule has 1 aromatic heterocycles. The van der Waals surface area contributed by atoms with Crippen molar-refractivity contribution < 1.29 is 22.4 Å². The Bertz CT molecular complexity index is 864. The number of carbonyl (C=O) groups is 1. The van der Waals surface area contributed by atoms with E-state index in [9.17, 15) is 13.2 Å². The van der Waals surface area contributed by atoms with Crippen LogP contribution in [0.3, 0.4) is 0 Å². The van der Waals surface area contributed by atoms with Crippen LogP contribution in [0.4, 0.5) is 10.5 Å². The smallest absolute Gasteiger partial charge is 0.319 e. The molecule has 0 unspecified atom stereocenters. The lowest BCUT2D eigenvalue weighted by Crippen LogP contribution is -2.40. The molecule has 1 fully saturated rings. The third kappa shape index (κ3) is 4.36. The van der Waals surface area contributed by atoms with Crippen LogP contribution in [0.1, 0.15) is 5.56 Å². The summed E-state index contributed by atoms with van der Waals surface area (Å²) < 4.78 is 37.0. The molecule has 26 heavy (non-hydrogen) atoms. The summed E-state index contributed by atoms with van der Waals surface area (Å²) in [5.74, 6) is 0. The van der Waals surface area contributed by atoms with Gasteiger partial charge in [-0.15, -0.1) is 0 Å². The average molecular weight is 400 g/mol. The van der Waals surface area contributed by atoms with E-state index in [1.807, 2.05) is 0 Å². The van der Waals surface area contributed by atoms with E-state index >= 15 is 0 Å². The van der Waals surface area contributed by atoms with E-state index in [0.717, 1.165) is 5.56 Å². The second-order valence-corrected chi connectivity index (χ2v) is 7.91. The molecule has 8 nitrogen and oxygen atoms in total. The molecule has 140 valence electrons. The minimum atomic E-state index is -3.76. The lowest BCUT2D eigenvalue weighted by atomic mass is 10.3. The average Bonchev–Trinajstić information content (AvgIpc) is 3.16. The number of anilines is 1. The van der Waals surface area contributed by atoms with Crippen molar-refractivity contribution in [2.75, 3.05) is 31.6 Å². The van der Waals surface area contributed by atoms with Crippen LogP contribution in [0, 0.1) is 0 Å². The van der Waals surface area contributed by atoms with Crippen LogP contribution >= 0.6 is 11.6 Å². The summed E-state index contributed by atoms with van der Waals surface area (Å²) in [6.07, 6.45) is 3.03. The van der Waals surface area contributed by atoms with Crippen molar-refractivity contribution in [3.05, 3.63) is 47.4 Å². The maximum absolute atomic E-state index is 12.8. The van der Waals surface area contributed by atoms with Gasteiger partial charge in [-0.25, -0.2) is 13.2 Å². The van der Waals surface area contributed by atoms with Crippen molar-refractivity contribution >= 4 is 33.3 Å². The van der Waals surface area contributed by atoms with Crippen LogP contribution in [0.5, 0.6) is 0 Å². The van der Waals surface area contributed by atoms with Gasteiger partial charge in [-0.3, -0.25) is 0 Å². The van der Waals surface area contributed by atoms with Gasteiger partial charge in [0.15, 0.2) is 0 Å². The molecule has 0 radical (unpaired) electrons. The molecule has 1 aliphatic rings. The van der Waals surface area contributed by atoms with Gasteiger partial charge in [0.1, 0.15) is 4.90 Å². The quantitative estimate of drug-likeness (QED) is 0.803. The molecule has 2 N–H and O–H groups in total. The second kappa shape index (κ2) is 8.09. The summed E-state index contributed by atoms with van der Waals surface area (Å²) in [6, 6.07) is 5.60. The van der Waals surface area contributed by atoms with Crippen LogP contribution in [0.25, 0.3) is 0 Å². The number of ether oxygens (including phenoxy) is 1. The molecule has 2 aromatic rings. The first-order valence-electron chi connectivity index (χ1n) is 7.90. The van der Waals surface area contributed by atoms with Crippen LogP contribution in [0.15, 0.2) is 46.1 Å². The summed E-state index contributed by atoms with van der Waals surface area (Å²) in [7, 11) is -3.76. The summed E-state index contributed by atoms with van der Waals surface area (Å²) in [6.45, 7) is 1.49. The number of furan rings is 1. The monoisotopic (exact) mass is 399 g/mol. The number of nitrogens with one attached hydrogen (secondary N) is 2. The zero-order chi connectivity index (χ0) is 18.6. The standard InChI is InChI=1S/C16H18ClN3O5S/c17-14-2-1-13(19-16(21)18-10-12-3-6-25-11-12)9-15(14)26(22,23)20-4-7-24-8-5-20/h1-3,6,9,11H,4-5,7-8,10H2,(H2,18,19,21). The number of benzene rings is 1. The van der Waals surface area contributed by atoms with E-state index in [1.54, 1.807) is 6.07 Å². The number of sulfonamides is 1. The molecular formula is C16H18ClN3O5S. The normalized spacial score (nSPS) is 15.6. The first-order chi connectivity index (χ1) is 12.5. The fourth-order valence-electron chi connectivity index (χ4n) is 2.46. The molecule has 1 aliphatic heterocycles. The Balaban J connectivity index is 1.71. The third-order valence-corrected chi connectivity index (χ3v) is 6.19. The van der Waals surface area contributed by atoms with Crippen molar-refractivity contribution in [1.82, 2.24) is 9.62 Å². The van der Waals surface area contributed by atoms with Crippen LogP contribution in [-0.4, -0.2) is 45.1 Å². The SMILES string of the molecule is O=C(NCc1ccoc1)Nc1ccc(Cl)c(S(=O)(=O)N2CCOCC2)c1. The largest absolute Gasteiger partial charge is 0.472 e. The summed E-state index contributed by atoms with van der Waals surface area (Å²) >= 11 is 6.09. The topological polar surface area (TPSA) is 101 Å². The number of morpholine rings is 1. The molecule has 10 heteroatoms. The molecule has 2 amide bonds. The number of amides is 2. The Morgan fingerprint density at radius 2 is 2.00 bits per heavy atom. The highest BCUT2D eigenvalue weighted by atomic mass is 35.5. The lowest BCUT2D eigenvalue weighted by molar-refractivity contribution is 0.0730. The highest BCUT2D eigenvalue weighted by Gasteiger charge is 2.28. The number of urea groups is 1. The molecule has 0 saturated carbocycles. The van der Waals surface area contributed by atoms with Gasteiger partial charge in [-0.05, 0) is 24.3 Å². The lowest BCUT2D eigenvalue weighted by Gasteiger charge is -2.26. The first kappa shape index (κ1) is 18.7. The van der Waals surface area contributed by atoms with E-state index in [1.165, 1.54) is 35.0 Å². The fourth-order valence-corrected chi connectivity index (χ4v) is 4.36. The molecule has 1 saturated heterocycles. The van der Waals surface area contributed by atoms with Crippen molar-refractivity contribution in [3.63, 3.8) is 0 Å². The van der Waals surface area contributed by atoms with Crippen molar-refractivity contribution in [2.24, 2.45) is 0 Å². The van der Waals surface area contributed by atoms with Gasteiger partial charge in [0.2, 0.25) is 10.0 Å². The van der Waals surface area contributed by atoms with E-state index in [-0.39, 0.29) is 29.6 Å². The summed E-state index contributed by atoms with van der Waals surface area (Å²) in [4.78, 5) is 11.9. The zero-order valence-corrected chi connectivity index (χ0v) is 15.3. The number of carbonyl (C=O) groups excluding carboxylic acids is 1. The van der Waals surface area contributed by atoms with E-state index in [4.69, 9.17) is 20.8 Å². The maximum Gasteiger partial charge on any atom is 0.319 e. The molecule has 0 spiro atoms. The molecule has 1 aromatic carbocycles. The minimum Gasteiger partial charge on any atom is -0.472 e. The van der Waals surface area contributed by atoms with Crippen LogP contribution in [0.2, 0.25) is 5.02 Å². The summed E-state index contributed by atoms with van der Waals surface area (Å²) in [5.41, 5.74) is 1.14. The minimum absolute atomic E-state index is 0.0475. The Labute approximate surface area is 156 Å². The number of halogens is 1. The molecule has 2 heterocycles. The number of hydrogen-bond donors (Lipinski definition) is 2. The van der Waals surface area contributed by atoms with E-state index < -0.39 is 16.1 Å². The predicted octanol–water partition coefficient (Wildman–Crippen LogP) is 2.28. The highest BCUT2D eigenvalue weighted by Crippen LogP contribution is 2.28. The molecule has 0 bridgehead atoms. The van der Waals surface area contributed by atoms with Crippen molar-refractivity contribution in [2.45, 2.75) is 11.4 Å². The molecule has 0 atom stereocenters. The van der Waals surface area contributed by atoms with Gasteiger partial charge in [0.05, 0.1) is 30.8 Å². The van der Waals surface area contributed by atoms with Gasteiger partial charge < -0.3 is 19.8 Å². The van der Waals surface area contributed by atoms with Gasteiger partial charge in [-0.2, -0.15) is 4.31 Å². The second-order valence-electron chi connectivity index (χ2n) is 5.60. The zero-order valence-electron chi connectivity index (χ0n) is 13.8. The van der Waals surface area contributed by atoms with Gasteiger partial charge in [0.25, 0.3) is 0 Å². The highest BCUT2D eigenvalue weighted by molar-refractivity contribution is 7.89. The van der Waals surface area contributed by atoms with Crippen LogP contribution in [-0.2, 0) is 21.3 Å². The van der Waals surface area contributed by atoms with Crippen molar-refractivity contribution in [1.29, 1.82) is 0 Å². The Kier molecular flexibility index (Phi) is 5.82. The van der Waals surface area contributed by atoms with Crippen LogP contribution < -0.4 is 10.6 Å². The Morgan fingerprint density at radius 3 is 2.69 bits per heavy atom. The molecule has 3 rings (SSSR count). The summed E-state index contributed by atoms with van der Waals surface area (Å²) in [5, 5.41) is 5.35.